The number of benzene rings is 2. The summed E-state index contributed by atoms with van der Waals surface area (Å²) >= 11 is 0. The van der Waals surface area contributed by atoms with Crippen LogP contribution in [-0.4, -0.2) is 36.1 Å². The van der Waals surface area contributed by atoms with Crippen LogP contribution in [0.3, 0.4) is 0 Å². The van der Waals surface area contributed by atoms with E-state index >= 15 is 0 Å². The van der Waals surface area contributed by atoms with Gasteiger partial charge in [0.2, 0.25) is 5.95 Å². The molecule has 1 aliphatic heterocycles. The minimum Gasteiger partial charge on any atom is -0.489 e. The minimum absolute atomic E-state index is 0.342. The number of rotatable bonds is 5. The molecule has 0 amide bonds. The van der Waals surface area contributed by atoms with E-state index in [-0.39, 0.29) is 0 Å². The number of ether oxygens (including phenoxy) is 1. The van der Waals surface area contributed by atoms with Crippen LogP contribution in [-0.2, 0) is 19.4 Å². The molecule has 154 valence electrons. The zero-order valence-electron chi connectivity index (χ0n) is 17.3. The molecule has 5 rings (SSSR count). The first-order chi connectivity index (χ1) is 14.7. The number of nitrogens with two attached hydrogens (primary N) is 1. The molecule has 0 spiro atoms. The molecular formula is C24H27N5O. The predicted octanol–water partition coefficient (Wildman–Crippen LogP) is 3.20. The van der Waals surface area contributed by atoms with Crippen molar-refractivity contribution >= 4 is 11.8 Å². The van der Waals surface area contributed by atoms with Crippen LogP contribution in [0.15, 0.2) is 48.5 Å². The van der Waals surface area contributed by atoms with Gasteiger partial charge in [-0.25, -0.2) is 4.98 Å². The Hall–Kier alpha value is -3.12. The SMILES string of the molecule is CN[C@H]1CCN(c2nc(N)nc3c2CCc2cc(OCc4ccccc4)ccc2-3)C1. The molecule has 6 heteroatoms. The van der Waals surface area contributed by atoms with Crippen molar-refractivity contribution < 1.29 is 4.74 Å². The van der Waals surface area contributed by atoms with E-state index in [2.05, 4.69) is 44.5 Å². The van der Waals surface area contributed by atoms with Gasteiger partial charge in [-0.05, 0) is 55.6 Å². The maximum Gasteiger partial charge on any atom is 0.222 e. The maximum atomic E-state index is 6.13. The number of aryl methyl sites for hydroxylation is 1. The molecule has 0 bridgehead atoms. The van der Waals surface area contributed by atoms with E-state index in [1.165, 1.54) is 11.1 Å². The van der Waals surface area contributed by atoms with Crippen LogP contribution in [0.5, 0.6) is 5.75 Å². The Morgan fingerprint density at radius 2 is 2.00 bits per heavy atom. The third-order valence-electron chi connectivity index (χ3n) is 6.12. The highest BCUT2D eigenvalue weighted by Gasteiger charge is 2.29. The summed E-state index contributed by atoms with van der Waals surface area (Å²) in [5.74, 6) is 2.24. The number of anilines is 2. The van der Waals surface area contributed by atoms with Gasteiger partial charge in [0.1, 0.15) is 18.2 Å². The molecule has 1 aromatic heterocycles. The van der Waals surface area contributed by atoms with E-state index in [1.54, 1.807) is 0 Å². The van der Waals surface area contributed by atoms with Crippen LogP contribution in [0.25, 0.3) is 11.3 Å². The molecule has 2 heterocycles. The van der Waals surface area contributed by atoms with E-state index in [9.17, 15) is 0 Å². The summed E-state index contributed by atoms with van der Waals surface area (Å²) < 4.78 is 6.03. The number of nitrogen functional groups attached to an aromatic ring is 1. The first kappa shape index (κ1) is 18.9. The van der Waals surface area contributed by atoms with Crippen molar-refractivity contribution in [2.24, 2.45) is 0 Å². The number of likely N-dealkylation sites (N-methyl/N-ethyl adjacent to an activating group) is 1. The summed E-state index contributed by atoms with van der Waals surface area (Å²) in [6, 6.07) is 17.0. The fourth-order valence-electron chi connectivity index (χ4n) is 4.49. The van der Waals surface area contributed by atoms with Gasteiger partial charge in [-0.1, -0.05) is 30.3 Å². The Morgan fingerprint density at radius 1 is 1.13 bits per heavy atom. The molecule has 30 heavy (non-hydrogen) atoms. The van der Waals surface area contributed by atoms with Crippen molar-refractivity contribution in [1.29, 1.82) is 0 Å². The number of hydrogen-bond acceptors (Lipinski definition) is 6. The summed E-state index contributed by atoms with van der Waals surface area (Å²) in [5.41, 5.74) is 11.9. The van der Waals surface area contributed by atoms with Crippen LogP contribution in [0, 0.1) is 0 Å². The Labute approximate surface area is 177 Å². The third-order valence-corrected chi connectivity index (χ3v) is 6.12. The Kier molecular flexibility index (Phi) is 5.01. The van der Waals surface area contributed by atoms with Crippen molar-refractivity contribution in [3.8, 4) is 17.0 Å². The van der Waals surface area contributed by atoms with Gasteiger partial charge in [-0.2, -0.15) is 4.98 Å². The van der Waals surface area contributed by atoms with Crippen molar-refractivity contribution in [2.75, 3.05) is 30.8 Å². The molecule has 0 radical (unpaired) electrons. The fourth-order valence-corrected chi connectivity index (χ4v) is 4.49. The van der Waals surface area contributed by atoms with Crippen LogP contribution in [0.2, 0.25) is 0 Å². The van der Waals surface area contributed by atoms with Gasteiger partial charge in [-0.15, -0.1) is 0 Å². The van der Waals surface area contributed by atoms with E-state index in [0.29, 0.717) is 18.6 Å². The quantitative estimate of drug-likeness (QED) is 0.684. The van der Waals surface area contributed by atoms with Crippen LogP contribution < -0.4 is 20.7 Å². The Morgan fingerprint density at radius 3 is 2.80 bits per heavy atom. The Bertz CT molecular complexity index is 1050. The molecule has 1 fully saturated rings. The monoisotopic (exact) mass is 401 g/mol. The summed E-state index contributed by atoms with van der Waals surface area (Å²) in [5, 5.41) is 3.37. The van der Waals surface area contributed by atoms with E-state index < -0.39 is 0 Å². The lowest BCUT2D eigenvalue weighted by Gasteiger charge is -2.26. The smallest absolute Gasteiger partial charge is 0.222 e. The molecule has 6 nitrogen and oxygen atoms in total. The summed E-state index contributed by atoms with van der Waals surface area (Å²) in [7, 11) is 2.02. The van der Waals surface area contributed by atoms with Crippen LogP contribution in [0.4, 0.5) is 11.8 Å². The fraction of sp³-hybridized carbons (Fsp3) is 0.333. The van der Waals surface area contributed by atoms with Gasteiger partial charge in [-0.3, -0.25) is 0 Å². The van der Waals surface area contributed by atoms with Crippen molar-refractivity contribution in [2.45, 2.75) is 31.9 Å². The predicted molar refractivity (Wildman–Crippen MR) is 120 cm³/mol. The maximum absolute atomic E-state index is 6.13. The van der Waals surface area contributed by atoms with Gasteiger partial charge in [0.05, 0.1) is 5.69 Å². The highest BCUT2D eigenvalue weighted by atomic mass is 16.5. The average Bonchev–Trinajstić information content (AvgIpc) is 3.27. The molecule has 3 aromatic rings. The van der Waals surface area contributed by atoms with E-state index in [4.69, 9.17) is 10.5 Å². The lowest BCUT2D eigenvalue weighted by Crippen LogP contribution is -2.31. The lowest BCUT2D eigenvalue weighted by molar-refractivity contribution is 0.306. The molecule has 3 N–H and O–H groups in total. The molecule has 0 unspecified atom stereocenters. The molecule has 0 saturated carbocycles. The standard InChI is InChI=1S/C24H27N5O/c1-26-18-11-12-29(14-18)23-21-9-7-17-13-19(30-15-16-5-3-2-4-6-16)8-10-20(17)22(21)27-24(25)28-23/h2-6,8,10,13,18,26H,7,9,11-12,14-15H2,1H3,(H2,25,27,28)/t18-/m0/s1. The first-order valence-corrected chi connectivity index (χ1v) is 10.6. The van der Waals surface area contributed by atoms with E-state index in [0.717, 1.165) is 60.7 Å². The topological polar surface area (TPSA) is 76.3 Å². The normalized spacial score (nSPS) is 17.5. The number of hydrogen-bond donors (Lipinski definition) is 2. The molecule has 2 aliphatic rings. The van der Waals surface area contributed by atoms with Crippen LogP contribution in [0.1, 0.15) is 23.1 Å². The number of nitrogens with zero attached hydrogens (tertiary/aromatic N) is 3. The number of fused-ring (bicyclic) bond motifs is 3. The number of nitrogens with one attached hydrogen (secondary N) is 1. The highest BCUT2D eigenvalue weighted by molar-refractivity contribution is 5.76. The summed E-state index contributed by atoms with van der Waals surface area (Å²) in [6.07, 6.45) is 2.99. The lowest BCUT2D eigenvalue weighted by atomic mass is 9.89. The summed E-state index contributed by atoms with van der Waals surface area (Å²) in [6.45, 7) is 2.52. The second-order valence-corrected chi connectivity index (χ2v) is 8.05. The van der Waals surface area contributed by atoms with Gasteiger partial charge in [0.25, 0.3) is 0 Å². The van der Waals surface area contributed by atoms with Crippen molar-refractivity contribution in [1.82, 2.24) is 15.3 Å². The largest absolute Gasteiger partial charge is 0.489 e. The zero-order valence-corrected chi connectivity index (χ0v) is 17.3. The molecule has 1 saturated heterocycles. The Balaban J connectivity index is 1.43. The van der Waals surface area contributed by atoms with Gasteiger partial charge in [0.15, 0.2) is 0 Å². The van der Waals surface area contributed by atoms with Gasteiger partial charge >= 0.3 is 0 Å². The van der Waals surface area contributed by atoms with Crippen molar-refractivity contribution in [3.63, 3.8) is 0 Å². The first-order valence-electron chi connectivity index (χ1n) is 10.6. The van der Waals surface area contributed by atoms with Crippen molar-refractivity contribution in [3.05, 3.63) is 65.2 Å². The van der Waals surface area contributed by atoms with E-state index in [1.807, 2.05) is 31.3 Å². The molecule has 2 aromatic carbocycles. The van der Waals surface area contributed by atoms with Gasteiger partial charge < -0.3 is 20.7 Å². The second-order valence-electron chi connectivity index (χ2n) is 8.05. The second kappa shape index (κ2) is 7.95. The number of aromatic nitrogens is 2. The molecular weight excluding hydrogens is 374 g/mol. The highest BCUT2D eigenvalue weighted by Crippen LogP contribution is 2.39. The zero-order chi connectivity index (χ0) is 20.5. The summed E-state index contributed by atoms with van der Waals surface area (Å²) in [4.78, 5) is 11.6. The van der Waals surface area contributed by atoms with Gasteiger partial charge in [0, 0.05) is 30.3 Å². The average molecular weight is 402 g/mol. The third kappa shape index (κ3) is 3.59. The molecule has 1 aliphatic carbocycles. The minimum atomic E-state index is 0.342. The molecule has 1 atom stereocenters. The van der Waals surface area contributed by atoms with Crippen LogP contribution >= 0.6 is 0 Å².